The second-order valence-electron chi connectivity index (χ2n) is 12.7. The molecule has 2 unspecified atom stereocenters. The van der Waals surface area contributed by atoms with Gasteiger partial charge in [0.25, 0.3) is 0 Å². The van der Waals surface area contributed by atoms with E-state index in [1.54, 1.807) is 12.1 Å². The summed E-state index contributed by atoms with van der Waals surface area (Å²) >= 11 is 0. The van der Waals surface area contributed by atoms with E-state index in [4.69, 9.17) is 19.9 Å². The molecule has 1 aromatic rings. The van der Waals surface area contributed by atoms with E-state index >= 15 is 0 Å². The van der Waals surface area contributed by atoms with Gasteiger partial charge in [-0.3, -0.25) is 19.2 Å². The molecule has 5 rings (SSSR count). The summed E-state index contributed by atoms with van der Waals surface area (Å²) in [6, 6.07) is 2.30. The molecule has 15 heteroatoms. The van der Waals surface area contributed by atoms with Gasteiger partial charge in [0.15, 0.2) is 17.6 Å². The zero-order chi connectivity index (χ0) is 34.1. The van der Waals surface area contributed by atoms with Crippen molar-refractivity contribution in [1.29, 1.82) is 0 Å². The molecule has 256 valence electrons. The number of hydrogen-bond acceptors (Lipinski definition) is 12. The Hall–Kier alpha value is -4.21. The Bertz CT molecular complexity index is 1480. The van der Waals surface area contributed by atoms with Gasteiger partial charge >= 0.3 is 17.9 Å². The van der Waals surface area contributed by atoms with Crippen LogP contribution in [-0.4, -0.2) is 107 Å². The number of rotatable bonds is 14. The number of aromatic hydroxyl groups is 1. The van der Waals surface area contributed by atoms with Crippen molar-refractivity contribution in [3.05, 3.63) is 35.1 Å². The fraction of sp³-hybridized carbons (Fsp3) is 0.594. The zero-order valence-electron chi connectivity index (χ0n) is 26.5. The van der Waals surface area contributed by atoms with Gasteiger partial charge in [0, 0.05) is 31.5 Å². The number of likely N-dealkylation sites (tertiary alicyclic amines) is 1. The number of likely N-dealkylation sites (N-methyl/N-ethyl adjacent to an activating group) is 1. The number of phenols is 1. The van der Waals surface area contributed by atoms with Crippen LogP contribution >= 0.6 is 0 Å². The van der Waals surface area contributed by atoms with E-state index in [1.807, 2.05) is 13.1 Å². The lowest BCUT2D eigenvalue weighted by atomic mass is 9.50. The number of nitrogens with one attached hydrogen (secondary N) is 2. The Morgan fingerprint density at radius 3 is 2.66 bits per heavy atom. The van der Waals surface area contributed by atoms with Gasteiger partial charge < -0.3 is 50.8 Å². The van der Waals surface area contributed by atoms with Gasteiger partial charge in [0.2, 0.25) is 17.9 Å². The van der Waals surface area contributed by atoms with Gasteiger partial charge in [-0.05, 0) is 69.9 Å². The van der Waals surface area contributed by atoms with Crippen molar-refractivity contribution in [2.24, 2.45) is 5.73 Å². The van der Waals surface area contributed by atoms with Crippen LogP contribution in [0.15, 0.2) is 24.0 Å². The highest BCUT2D eigenvalue weighted by Gasteiger charge is 2.72. The maximum absolute atomic E-state index is 13.1. The second kappa shape index (κ2) is 13.5. The molecule has 0 aromatic heterocycles. The average molecular weight is 659 g/mol. The number of aliphatic hydroxyl groups is 1. The quantitative estimate of drug-likeness (QED) is 0.112. The summed E-state index contributed by atoms with van der Waals surface area (Å²) in [4.78, 5) is 63.6. The molecule has 2 amide bonds. The van der Waals surface area contributed by atoms with E-state index in [9.17, 15) is 39.3 Å². The highest BCUT2D eigenvalue weighted by molar-refractivity contribution is 5.87. The number of nitrogens with zero attached hydrogens (tertiary/aromatic N) is 1. The standard InChI is InChI=1S/C32H42N4O11/c1-17(37)35-19(5-3-4-12-33)29(41)34-13-9-24(39)46-22(30(42)43)16-25(40)45-21-8-10-32(44)23-15-18-6-7-20(38)27-26(18)31(32,28(21)47-27)11-14-36(23)2/h6-8,19,22-23,28,38,44H,3-5,9-16,33H2,1-2H3,(H,34,41)(H,35,37)(H,42,43)/t19?,22?,23-,28+,31+,32-/m1/s1. The van der Waals surface area contributed by atoms with Gasteiger partial charge in [-0.1, -0.05) is 6.07 Å². The van der Waals surface area contributed by atoms with Crippen molar-refractivity contribution in [1.82, 2.24) is 15.5 Å². The Kier molecular flexibility index (Phi) is 9.80. The van der Waals surface area contributed by atoms with Crippen molar-refractivity contribution < 1.29 is 53.5 Å². The molecule has 2 heterocycles. The fourth-order valence-electron chi connectivity index (χ4n) is 7.58. The number of hydrogen-bond donors (Lipinski definition) is 6. The molecule has 6 atom stereocenters. The summed E-state index contributed by atoms with van der Waals surface area (Å²) in [5.74, 6) is -4.21. The van der Waals surface area contributed by atoms with E-state index < -0.39 is 65.4 Å². The van der Waals surface area contributed by atoms with Gasteiger partial charge in [0.05, 0.1) is 23.9 Å². The van der Waals surface area contributed by atoms with E-state index in [2.05, 4.69) is 15.5 Å². The lowest BCUT2D eigenvalue weighted by molar-refractivity contribution is -0.173. The molecule has 1 spiro atoms. The zero-order valence-corrected chi connectivity index (χ0v) is 26.5. The van der Waals surface area contributed by atoms with E-state index in [-0.39, 0.29) is 42.7 Å². The lowest BCUT2D eigenvalue weighted by Gasteiger charge is -2.61. The molecule has 4 aliphatic rings. The molecule has 0 radical (unpaired) electrons. The molecule has 2 aliphatic carbocycles. The molecule has 15 nitrogen and oxygen atoms in total. The van der Waals surface area contributed by atoms with Crippen molar-refractivity contribution in [3.8, 4) is 11.5 Å². The normalized spacial score (nSPS) is 26.5. The minimum atomic E-state index is -1.87. The lowest BCUT2D eigenvalue weighted by Crippen LogP contribution is -2.74. The Labute approximate surface area is 271 Å². The summed E-state index contributed by atoms with van der Waals surface area (Å²) < 4.78 is 16.9. The number of carboxylic acids is 1. The molecule has 2 bridgehead atoms. The highest BCUT2D eigenvalue weighted by Crippen LogP contribution is 2.65. The molecule has 1 saturated heterocycles. The van der Waals surface area contributed by atoms with Gasteiger partial charge in [-0.25, -0.2) is 4.79 Å². The summed E-state index contributed by atoms with van der Waals surface area (Å²) in [6.07, 6.45) is 0.325. The minimum Gasteiger partial charge on any atom is -0.504 e. The van der Waals surface area contributed by atoms with Gasteiger partial charge in [-0.2, -0.15) is 0 Å². The van der Waals surface area contributed by atoms with Crippen LogP contribution in [-0.2, 0) is 45.3 Å². The number of ether oxygens (including phenoxy) is 3. The van der Waals surface area contributed by atoms with Crippen molar-refractivity contribution >= 4 is 29.7 Å². The van der Waals surface area contributed by atoms with Crippen LogP contribution in [0.4, 0.5) is 0 Å². The van der Waals surface area contributed by atoms with Crippen LogP contribution in [0.5, 0.6) is 11.5 Å². The number of aliphatic carboxylic acids is 1. The third kappa shape index (κ3) is 6.26. The van der Waals surface area contributed by atoms with Crippen LogP contribution in [0.25, 0.3) is 0 Å². The predicted octanol–water partition coefficient (Wildman–Crippen LogP) is -0.260. The SMILES string of the molecule is CC(=O)NC(CCCCN)C(=O)NCCC(=O)OC(CC(=O)OC1=CC[C@@]2(O)[C@H]3Cc4ccc(O)c5c4[C@@]2(CCN3C)[C@H]1O5)C(=O)O. The van der Waals surface area contributed by atoms with Crippen LogP contribution < -0.4 is 21.1 Å². The van der Waals surface area contributed by atoms with Gasteiger partial charge in [-0.15, -0.1) is 0 Å². The number of nitrogens with two attached hydrogens (primary N) is 1. The maximum atomic E-state index is 13.1. The molecule has 0 saturated carbocycles. The summed E-state index contributed by atoms with van der Waals surface area (Å²) in [5.41, 5.74) is 4.86. The minimum absolute atomic E-state index is 0.0878. The number of carbonyl (C=O) groups is 5. The Morgan fingerprint density at radius 1 is 1.19 bits per heavy atom. The largest absolute Gasteiger partial charge is 0.504 e. The average Bonchev–Trinajstić information content (AvgIpc) is 3.37. The molecule has 47 heavy (non-hydrogen) atoms. The van der Waals surface area contributed by atoms with Crippen LogP contribution in [0, 0.1) is 0 Å². The molecule has 2 aliphatic heterocycles. The van der Waals surface area contributed by atoms with Crippen molar-refractivity contribution in [2.45, 2.75) is 93.6 Å². The predicted molar refractivity (Wildman–Crippen MR) is 163 cm³/mol. The van der Waals surface area contributed by atoms with Crippen LogP contribution in [0.3, 0.4) is 0 Å². The number of benzene rings is 1. The number of esters is 2. The summed E-state index contributed by atoms with van der Waals surface area (Å²) in [5, 5.41) is 37.6. The molecule has 1 fully saturated rings. The monoisotopic (exact) mass is 658 g/mol. The first kappa shape index (κ1) is 34.1. The topological polar surface area (TPSA) is 227 Å². The number of amides is 2. The second-order valence-corrected chi connectivity index (χ2v) is 12.7. The van der Waals surface area contributed by atoms with Crippen molar-refractivity contribution in [3.63, 3.8) is 0 Å². The number of phenolic OH excluding ortho intramolecular Hbond substituents is 1. The maximum Gasteiger partial charge on any atom is 0.345 e. The Morgan fingerprint density at radius 2 is 1.96 bits per heavy atom. The molecular weight excluding hydrogens is 616 g/mol. The third-order valence-electron chi connectivity index (χ3n) is 9.76. The number of piperidine rings is 1. The fourth-order valence-corrected chi connectivity index (χ4v) is 7.58. The smallest absolute Gasteiger partial charge is 0.345 e. The number of carboxylic acid groups (broad SMARTS) is 1. The number of unbranched alkanes of at least 4 members (excludes halogenated alkanes) is 1. The molecular formula is C32H42N4O11. The Balaban J connectivity index is 1.21. The van der Waals surface area contributed by atoms with Crippen LogP contribution in [0.1, 0.15) is 63.0 Å². The van der Waals surface area contributed by atoms with Crippen LogP contribution in [0.2, 0.25) is 0 Å². The first-order valence-electron chi connectivity index (χ1n) is 15.8. The van der Waals surface area contributed by atoms with E-state index in [1.165, 1.54) is 6.92 Å². The highest BCUT2D eigenvalue weighted by atomic mass is 16.6. The molecule has 1 aromatic carbocycles. The molecule has 7 N–H and O–H groups in total. The van der Waals surface area contributed by atoms with E-state index in [0.29, 0.717) is 50.8 Å². The number of carbonyl (C=O) groups excluding carboxylic acids is 4. The first-order chi connectivity index (χ1) is 22.3. The van der Waals surface area contributed by atoms with Crippen molar-refractivity contribution in [2.75, 3.05) is 26.7 Å². The summed E-state index contributed by atoms with van der Waals surface area (Å²) in [7, 11) is 1.94. The van der Waals surface area contributed by atoms with E-state index in [0.717, 1.165) is 5.56 Å². The summed E-state index contributed by atoms with van der Waals surface area (Å²) in [6.45, 7) is 2.15. The first-order valence-corrected chi connectivity index (χ1v) is 15.8. The van der Waals surface area contributed by atoms with Gasteiger partial charge in [0.1, 0.15) is 11.8 Å². The third-order valence-corrected chi connectivity index (χ3v) is 9.76.